The van der Waals surface area contributed by atoms with Crippen LogP contribution in [0.15, 0.2) is 42.5 Å². The normalized spacial score (nSPS) is 16.4. The van der Waals surface area contributed by atoms with Gasteiger partial charge in [-0.1, -0.05) is 56.3 Å². The number of amides is 3. The van der Waals surface area contributed by atoms with Gasteiger partial charge >= 0.3 is 0 Å². The molecular formula is C30H45ClN4O5. The Balaban J connectivity index is 0.00000560. The van der Waals surface area contributed by atoms with E-state index < -0.39 is 18.2 Å². The Morgan fingerprint density at radius 1 is 1.07 bits per heavy atom. The van der Waals surface area contributed by atoms with Crippen molar-refractivity contribution in [3.63, 3.8) is 0 Å². The smallest absolute Gasteiger partial charge is 0.243 e. The largest absolute Gasteiger partial charge is 0.390 e. The van der Waals surface area contributed by atoms with Gasteiger partial charge in [0.2, 0.25) is 17.7 Å². The van der Waals surface area contributed by atoms with Gasteiger partial charge in [0.05, 0.1) is 12.7 Å². The van der Waals surface area contributed by atoms with Gasteiger partial charge in [0.15, 0.2) is 0 Å². The molecule has 222 valence electrons. The molecule has 3 atom stereocenters. The van der Waals surface area contributed by atoms with Crippen molar-refractivity contribution in [2.45, 2.75) is 64.1 Å². The van der Waals surface area contributed by atoms with Crippen LogP contribution in [0.4, 0.5) is 0 Å². The van der Waals surface area contributed by atoms with Gasteiger partial charge < -0.3 is 30.7 Å². The van der Waals surface area contributed by atoms with Crippen molar-refractivity contribution in [2.75, 3.05) is 39.9 Å². The Kier molecular flexibility index (Phi) is 14.4. The molecule has 2 unspecified atom stereocenters. The van der Waals surface area contributed by atoms with Gasteiger partial charge in [0.25, 0.3) is 0 Å². The SMILES string of the molecule is CCC(CC)C(=O)N1CCCC1C(=O)N[C@H](Cc1ccc2ccccc2c1)C(=O)NCC(O)CNCCOC.Cl. The van der Waals surface area contributed by atoms with E-state index in [1.807, 2.05) is 56.3 Å². The highest BCUT2D eigenvalue weighted by Crippen LogP contribution is 2.23. The molecule has 1 aliphatic rings. The number of carbonyl (C=O) groups excluding carboxylic acids is 3. The maximum Gasteiger partial charge on any atom is 0.243 e. The van der Waals surface area contributed by atoms with Gasteiger partial charge in [-0.15, -0.1) is 12.4 Å². The summed E-state index contributed by atoms with van der Waals surface area (Å²) < 4.78 is 4.99. The maximum atomic E-state index is 13.5. The average molecular weight is 577 g/mol. The van der Waals surface area contributed by atoms with Crippen molar-refractivity contribution >= 4 is 40.9 Å². The minimum Gasteiger partial charge on any atom is -0.390 e. The molecule has 0 aromatic heterocycles. The van der Waals surface area contributed by atoms with Crippen LogP contribution in [0, 0.1) is 5.92 Å². The first-order valence-electron chi connectivity index (χ1n) is 14.1. The molecule has 0 spiro atoms. The molecule has 3 rings (SSSR count). The van der Waals surface area contributed by atoms with Crippen molar-refractivity contribution in [1.82, 2.24) is 20.9 Å². The maximum absolute atomic E-state index is 13.5. The van der Waals surface area contributed by atoms with E-state index in [0.717, 1.165) is 35.6 Å². The van der Waals surface area contributed by atoms with Crippen LogP contribution in [-0.4, -0.2) is 85.8 Å². The fourth-order valence-electron chi connectivity index (χ4n) is 5.11. The molecule has 3 amide bonds. The summed E-state index contributed by atoms with van der Waals surface area (Å²) in [6, 6.07) is 12.5. The summed E-state index contributed by atoms with van der Waals surface area (Å²) in [5.41, 5.74) is 0.910. The van der Waals surface area contributed by atoms with Crippen molar-refractivity contribution in [3.05, 3.63) is 48.0 Å². The highest BCUT2D eigenvalue weighted by molar-refractivity contribution is 5.93. The third kappa shape index (κ3) is 9.44. The van der Waals surface area contributed by atoms with Gasteiger partial charge in [-0.05, 0) is 42.0 Å². The predicted molar refractivity (Wildman–Crippen MR) is 159 cm³/mol. The number of hydrogen-bond acceptors (Lipinski definition) is 6. The van der Waals surface area contributed by atoms with Gasteiger partial charge in [-0.25, -0.2) is 0 Å². The van der Waals surface area contributed by atoms with Crippen molar-refractivity contribution < 1.29 is 24.2 Å². The number of fused-ring (bicyclic) bond motifs is 1. The van der Waals surface area contributed by atoms with E-state index in [2.05, 4.69) is 16.0 Å². The molecular weight excluding hydrogens is 532 g/mol. The van der Waals surface area contributed by atoms with Crippen LogP contribution in [0.25, 0.3) is 10.8 Å². The Labute approximate surface area is 243 Å². The quantitative estimate of drug-likeness (QED) is 0.242. The molecule has 0 radical (unpaired) electrons. The number of halogens is 1. The lowest BCUT2D eigenvalue weighted by atomic mass is 10.00. The van der Waals surface area contributed by atoms with E-state index in [4.69, 9.17) is 4.74 Å². The molecule has 2 aromatic rings. The number of ether oxygens (including phenoxy) is 1. The first-order valence-corrected chi connectivity index (χ1v) is 14.1. The Hall–Kier alpha value is -2.72. The van der Waals surface area contributed by atoms with Crippen LogP contribution in [0.2, 0.25) is 0 Å². The summed E-state index contributed by atoms with van der Waals surface area (Å²) in [5.74, 6) is -0.774. The van der Waals surface area contributed by atoms with Gasteiger partial charge in [-0.2, -0.15) is 0 Å². The molecule has 0 aliphatic carbocycles. The van der Waals surface area contributed by atoms with Crippen molar-refractivity contribution in [1.29, 1.82) is 0 Å². The van der Waals surface area contributed by atoms with Crippen LogP contribution in [0.5, 0.6) is 0 Å². The summed E-state index contributed by atoms with van der Waals surface area (Å²) in [7, 11) is 1.61. The molecule has 9 nitrogen and oxygen atoms in total. The standard InChI is InChI=1S/C30H44N4O5.ClH/c1-4-22(5-2)30(38)34-15-8-11-27(34)29(37)33-26(28(36)32-20-25(35)19-31-14-16-39-3)18-21-12-13-23-9-6-7-10-24(23)17-21;/h6-7,9-10,12-13,17,22,25-27,31,35H,4-5,8,11,14-16,18-20H2,1-3H3,(H,32,36)(H,33,37);1H/t25?,26-,27?;/m1./s1. The minimum atomic E-state index is -0.849. The predicted octanol–water partition coefficient (Wildman–Crippen LogP) is 2.43. The molecule has 1 aliphatic heterocycles. The highest BCUT2D eigenvalue weighted by atomic mass is 35.5. The van der Waals surface area contributed by atoms with Crippen LogP contribution in [-0.2, 0) is 25.5 Å². The highest BCUT2D eigenvalue weighted by Gasteiger charge is 2.37. The third-order valence-corrected chi connectivity index (χ3v) is 7.43. The fourth-order valence-corrected chi connectivity index (χ4v) is 5.11. The van der Waals surface area contributed by atoms with E-state index in [9.17, 15) is 19.5 Å². The van der Waals surface area contributed by atoms with E-state index in [-0.39, 0.29) is 49.0 Å². The van der Waals surface area contributed by atoms with Crippen LogP contribution < -0.4 is 16.0 Å². The zero-order chi connectivity index (χ0) is 28.2. The van der Waals surface area contributed by atoms with Gasteiger partial charge in [0.1, 0.15) is 12.1 Å². The summed E-state index contributed by atoms with van der Waals surface area (Å²) >= 11 is 0. The van der Waals surface area contributed by atoms with E-state index in [1.165, 1.54) is 0 Å². The summed E-state index contributed by atoms with van der Waals surface area (Å²) in [6.45, 7) is 6.00. The zero-order valence-electron chi connectivity index (χ0n) is 23.9. The summed E-state index contributed by atoms with van der Waals surface area (Å²) in [4.78, 5) is 41.5. The number of benzene rings is 2. The van der Waals surface area contributed by atoms with Crippen LogP contribution in [0.3, 0.4) is 0 Å². The van der Waals surface area contributed by atoms with Crippen LogP contribution >= 0.6 is 12.4 Å². The Morgan fingerprint density at radius 3 is 2.50 bits per heavy atom. The zero-order valence-corrected chi connectivity index (χ0v) is 24.7. The number of methoxy groups -OCH3 is 1. The lowest BCUT2D eigenvalue weighted by Gasteiger charge is -2.29. The molecule has 0 bridgehead atoms. The Bertz CT molecular complexity index is 1100. The number of hydrogen-bond donors (Lipinski definition) is 4. The first-order chi connectivity index (χ1) is 18.9. The number of carbonyl (C=O) groups is 3. The number of aliphatic hydroxyl groups is 1. The topological polar surface area (TPSA) is 120 Å². The second-order valence-corrected chi connectivity index (χ2v) is 10.2. The monoisotopic (exact) mass is 576 g/mol. The molecule has 10 heteroatoms. The van der Waals surface area contributed by atoms with E-state index in [1.54, 1.807) is 12.0 Å². The molecule has 1 fully saturated rings. The van der Waals surface area contributed by atoms with E-state index in [0.29, 0.717) is 32.7 Å². The average Bonchev–Trinajstić information content (AvgIpc) is 3.44. The molecule has 2 aromatic carbocycles. The number of likely N-dealkylation sites (tertiary alicyclic amines) is 1. The van der Waals surface area contributed by atoms with Crippen molar-refractivity contribution in [3.8, 4) is 0 Å². The lowest BCUT2D eigenvalue weighted by Crippen LogP contribution is -2.55. The van der Waals surface area contributed by atoms with Crippen molar-refractivity contribution in [2.24, 2.45) is 5.92 Å². The lowest BCUT2D eigenvalue weighted by molar-refractivity contribution is -0.142. The number of nitrogens with zero attached hydrogens (tertiary/aromatic N) is 1. The second kappa shape index (κ2) is 17.2. The summed E-state index contributed by atoms with van der Waals surface area (Å²) in [6.07, 6.45) is 2.30. The second-order valence-electron chi connectivity index (χ2n) is 10.2. The fraction of sp³-hybridized carbons (Fsp3) is 0.567. The van der Waals surface area contributed by atoms with Gasteiger partial charge in [-0.3, -0.25) is 14.4 Å². The molecule has 1 saturated heterocycles. The minimum absolute atomic E-state index is 0. The molecule has 4 N–H and O–H groups in total. The molecule has 40 heavy (non-hydrogen) atoms. The molecule has 1 heterocycles. The number of rotatable bonds is 15. The third-order valence-electron chi connectivity index (χ3n) is 7.43. The first kappa shape index (κ1) is 33.5. The van der Waals surface area contributed by atoms with Gasteiger partial charge in [0, 0.05) is 45.6 Å². The number of aliphatic hydroxyl groups excluding tert-OH is 1. The molecule has 0 saturated carbocycles. The summed E-state index contributed by atoms with van der Waals surface area (Å²) in [5, 5.41) is 21.2. The Morgan fingerprint density at radius 2 is 1.80 bits per heavy atom. The van der Waals surface area contributed by atoms with E-state index >= 15 is 0 Å². The van der Waals surface area contributed by atoms with Crippen LogP contribution in [0.1, 0.15) is 45.1 Å². The number of nitrogens with one attached hydrogen (secondary N) is 3.